The lowest BCUT2D eigenvalue weighted by atomic mass is 10.2. The molecule has 1 amide bonds. The SMILES string of the molecule is Cc1cccc(NC(=O)/C(C#N)=C\N2CCN(Cc3ccccc3)CC2)c1. The van der Waals surface area contributed by atoms with Gasteiger partial charge < -0.3 is 10.2 Å². The van der Waals surface area contributed by atoms with Gasteiger partial charge >= 0.3 is 0 Å². The van der Waals surface area contributed by atoms with E-state index in [2.05, 4.69) is 39.4 Å². The van der Waals surface area contributed by atoms with E-state index in [0.717, 1.165) is 38.3 Å². The van der Waals surface area contributed by atoms with Gasteiger partial charge in [-0.2, -0.15) is 5.26 Å². The summed E-state index contributed by atoms with van der Waals surface area (Å²) >= 11 is 0. The highest BCUT2D eigenvalue weighted by molar-refractivity contribution is 6.06. The fourth-order valence-electron chi connectivity index (χ4n) is 3.13. The third-order valence-electron chi connectivity index (χ3n) is 4.61. The van der Waals surface area contributed by atoms with Crippen molar-refractivity contribution in [1.82, 2.24) is 9.80 Å². The average Bonchev–Trinajstić information content (AvgIpc) is 2.68. The molecular weight excluding hydrogens is 336 g/mol. The van der Waals surface area contributed by atoms with Crippen molar-refractivity contribution < 1.29 is 4.79 Å². The van der Waals surface area contributed by atoms with Crippen molar-refractivity contribution in [3.63, 3.8) is 0 Å². The minimum Gasteiger partial charge on any atom is -0.374 e. The first kappa shape index (κ1) is 18.7. The van der Waals surface area contributed by atoms with E-state index in [1.54, 1.807) is 6.20 Å². The van der Waals surface area contributed by atoms with E-state index < -0.39 is 0 Å². The second-order valence-corrected chi connectivity index (χ2v) is 6.78. The molecule has 138 valence electrons. The molecule has 3 rings (SSSR count). The summed E-state index contributed by atoms with van der Waals surface area (Å²) in [7, 11) is 0. The van der Waals surface area contributed by atoms with Crippen LogP contribution >= 0.6 is 0 Å². The number of nitrogens with one attached hydrogen (secondary N) is 1. The zero-order chi connectivity index (χ0) is 19.1. The van der Waals surface area contributed by atoms with Gasteiger partial charge in [-0.05, 0) is 30.2 Å². The number of nitriles is 1. The van der Waals surface area contributed by atoms with Crippen molar-refractivity contribution in [2.45, 2.75) is 13.5 Å². The first-order valence-corrected chi connectivity index (χ1v) is 9.14. The summed E-state index contributed by atoms with van der Waals surface area (Å²) in [6.45, 7) is 6.31. The number of rotatable bonds is 5. The molecule has 1 fully saturated rings. The van der Waals surface area contributed by atoms with Crippen LogP contribution in [0.4, 0.5) is 5.69 Å². The molecule has 0 bridgehead atoms. The maximum absolute atomic E-state index is 12.4. The van der Waals surface area contributed by atoms with E-state index in [4.69, 9.17) is 0 Å². The van der Waals surface area contributed by atoms with E-state index in [0.29, 0.717) is 5.69 Å². The zero-order valence-corrected chi connectivity index (χ0v) is 15.6. The van der Waals surface area contributed by atoms with Gasteiger partial charge in [0.2, 0.25) is 0 Å². The fraction of sp³-hybridized carbons (Fsp3) is 0.273. The van der Waals surface area contributed by atoms with Gasteiger partial charge in [-0.25, -0.2) is 0 Å². The predicted octanol–water partition coefficient (Wildman–Crippen LogP) is 3.16. The fourth-order valence-corrected chi connectivity index (χ4v) is 3.13. The van der Waals surface area contributed by atoms with Gasteiger partial charge in [-0.1, -0.05) is 42.5 Å². The van der Waals surface area contributed by atoms with Crippen LogP contribution in [0.15, 0.2) is 66.4 Å². The molecule has 2 aromatic rings. The largest absolute Gasteiger partial charge is 0.374 e. The van der Waals surface area contributed by atoms with Gasteiger partial charge in [0.1, 0.15) is 11.6 Å². The highest BCUT2D eigenvalue weighted by Crippen LogP contribution is 2.13. The molecule has 27 heavy (non-hydrogen) atoms. The average molecular weight is 360 g/mol. The van der Waals surface area contributed by atoms with Crippen LogP contribution < -0.4 is 5.32 Å². The zero-order valence-electron chi connectivity index (χ0n) is 15.6. The first-order chi connectivity index (χ1) is 13.1. The minimum atomic E-state index is -0.366. The van der Waals surface area contributed by atoms with Crippen molar-refractivity contribution in [3.8, 4) is 6.07 Å². The molecule has 2 aromatic carbocycles. The lowest BCUT2D eigenvalue weighted by Crippen LogP contribution is -2.43. The Morgan fingerprint density at radius 1 is 1.11 bits per heavy atom. The summed E-state index contributed by atoms with van der Waals surface area (Å²) in [4.78, 5) is 16.8. The molecule has 0 atom stereocenters. The molecule has 0 radical (unpaired) electrons. The number of nitrogens with zero attached hydrogens (tertiary/aromatic N) is 3. The van der Waals surface area contributed by atoms with Crippen molar-refractivity contribution in [2.75, 3.05) is 31.5 Å². The van der Waals surface area contributed by atoms with Crippen LogP contribution in [-0.4, -0.2) is 41.9 Å². The Hall–Kier alpha value is -3.10. The quantitative estimate of drug-likeness (QED) is 0.657. The number of carbonyl (C=O) groups excluding carboxylic acids is 1. The van der Waals surface area contributed by atoms with Gasteiger partial charge in [-0.3, -0.25) is 9.69 Å². The number of anilines is 1. The summed E-state index contributed by atoms with van der Waals surface area (Å²) in [5.41, 5.74) is 3.20. The summed E-state index contributed by atoms with van der Waals surface area (Å²) in [5.74, 6) is -0.366. The van der Waals surface area contributed by atoms with Crippen LogP contribution in [0.1, 0.15) is 11.1 Å². The predicted molar refractivity (Wildman–Crippen MR) is 107 cm³/mol. The number of carbonyl (C=O) groups is 1. The molecule has 1 aliphatic rings. The Morgan fingerprint density at radius 3 is 2.52 bits per heavy atom. The summed E-state index contributed by atoms with van der Waals surface area (Å²) in [6.07, 6.45) is 1.69. The lowest BCUT2D eigenvalue weighted by molar-refractivity contribution is -0.112. The van der Waals surface area contributed by atoms with Gasteiger partial charge in [-0.15, -0.1) is 0 Å². The van der Waals surface area contributed by atoms with E-state index in [9.17, 15) is 10.1 Å². The molecule has 0 aromatic heterocycles. The molecule has 5 heteroatoms. The van der Waals surface area contributed by atoms with Crippen LogP contribution in [0.3, 0.4) is 0 Å². The van der Waals surface area contributed by atoms with Crippen LogP contribution in [0.2, 0.25) is 0 Å². The first-order valence-electron chi connectivity index (χ1n) is 9.14. The van der Waals surface area contributed by atoms with Crippen molar-refractivity contribution >= 4 is 11.6 Å². The highest BCUT2D eigenvalue weighted by Gasteiger charge is 2.17. The molecule has 1 heterocycles. The maximum atomic E-state index is 12.4. The Balaban J connectivity index is 1.55. The van der Waals surface area contributed by atoms with Gasteiger partial charge in [0.25, 0.3) is 5.91 Å². The molecule has 1 saturated heterocycles. The Morgan fingerprint density at radius 2 is 1.85 bits per heavy atom. The maximum Gasteiger partial charge on any atom is 0.267 e. The van der Waals surface area contributed by atoms with E-state index in [1.807, 2.05) is 43.3 Å². The number of hydrogen-bond donors (Lipinski definition) is 1. The number of hydrogen-bond acceptors (Lipinski definition) is 4. The highest BCUT2D eigenvalue weighted by atomic mass is 16.1. The van der Waals surface area contributed by atoms with Gasteiger partial charge in [0.15, 0.2) is 0 Å². The third-order valence-corrected chi connectivity index (χ3v) is 4.61. The molecule has 5 nitrogen and oxygen atoms in total. The van der Waals surface area contributed by atoms with E-state index in [-0.39, 0.29) is 11.5 Å². The van der Waals surface area contributed by atoms with Crippen molar-refractivity contribution in [2.24, 2.45) is 0 Å². The normalized spacial score (nSPS) is 15.3. The second-order valence-electron chi connectivity index (χ2n) is 6.78. The number of piperazine rings is 1. The number of amides is 1. The number of benzene rings is 2. The van der Waals surface area contributed by atoms with Crippen molar-refractivity contribution in [3.05, 3.63) is 77.5 Å². The lowest BCUT2D eigenvalue weighted by Gasteiger charge is -2.34. The Kier molecular flexibility index (Phi) is 6.24. The van der Waals surface area contributed by atoms with E-state index >= 15 is 0 Å². The molecule has 0 spiro atoms. The second kappa shape index (κ2) is 9.02. The summed E-state index contributed by atoms with van der Waals surface area (Å²) < 4.78 is 0. The molecular formula is C22H24N4O. The van der Waals surface area contributed by atoms with Gasteiger partial charge in [0, 0.05) is 44.6 Å². The number of aryl methyl sites for hydroxylation is 1. The van der Waals surface area contributed by atoms with Crippen LogP contribution in [0.5, 0.6) is 0 Å². The molecule has 0 unspecified atom stereocenters. The van der Waals surface area contributed by atoms with Crippen LogP contribution in [0, 0.1) is 18.3 Å². The molecule has 1 N–H and O–H groups in total. The van der Waals surface area contributed by atoms with Gasteiger partial charge in [0.05, 0.1) is 0 Å². The smallest absolute Gasteiger partial charge is 0.267 e. The molecule has 0 aliphatic carbocycles. The van der Waals surface area contributed by atoms with Crippen LogP contribution in [0.25, 0.3) is 0 Å². The minimum absolute atomic E-state index is 0.132. The summed E-state index contributed by atoms with van der Waals surface area (Å²) in [5, 5.41) is 12.2. The summed E-state index contributed by atoms with van der Waals surface area (Å²) in [6, 6.07) is 20.0. The third kappa shape index (κ3) is 5.44. The van der Waals surface area contributed by atoms with Crippen molar-refractivity contribution in [1.29, 1.82) is 5.26 Å². The molecule has 0 saturated carbocycles. The topological polar surface area (TPSA) is 59.4 Å². The standard InChI is InChI=1S/C22H24N4O/c1-18-6-5-9-21(14-18)24-22(27)20(15-23)17-26-12-10-25(11-13-26)16-19-7-3-2-4-8-19/h2-9,14,17H,10-13,16H2,1H3,(H,24,27)/b20-17-. The van der Waals surface area contributed by atoms with E-state index in [1.165, 1.54) is 5.56 Å². The monoisotopic (exact) mass is 360 g/mol. The van der Waals surface area contributed by atoms with Crippen LogP contribution in [-0.2, 0) is 11.3 Å². The Bertz CT molecular complexity index is 846. The molecule has 1 aliphatic heterocycles. The Labute approximate surface area is 160 Å².